The van der Waals surface area contributed by atoms with E-state index in [9.17, 15) is 4.39 Å². The van der Waals surface area contributed by atoms with Gasteiger partial charge in [-0.25, -0.2) is 9.37 Å². The Morgan fingerprint density at radius 3 is 2.67 bits per heavy atom. The van der Waals surface area contributed by atoms with Gasteiger partial charge in [0.05, 0.1) is 6.33 Å². The van der Waals surface area contributed by atoms with E-state index in [2.05, 4.69) is 4.98 Å². The largest absolute Gasteiger partial charge is 0.399 e. The molecule has 2 N–H and O–H groups in total. The second kappa shape index (κ2) is 4.56. The van der Waals surface area contributed by atoms with Crippen LogP contribution in [0.2, 0.25) is 0 Å². The maximum atomic E-state index is 13.2. The van der Waals surface area contributed by atoms with Gasteiger partial charge in [0, 0.05) is 12.2 Å². The van der Waals surface area contributed by atoms with Gasteiger partial charge in [0.15, 0.2) is 11.4 Å². The molecular weight excluding hydrogens is 233 g/mol. The second-order valence-electron chi connectivity index (χ2n) is 3.69. The Morgan fingerprint density at radius 2 is 2.06 bits per heavy atom. The highest BCUT2D eigenvalue weighted by molar-refractivity contribution is 5.42. The normalized spacial score (nSPS) is 9.72. The molecule has 0 amide bonds. The average molecular weight is 241 g/mol. The van der Waals surface area contributed by atoms with Crippen molar-refractivity contribution in [3.8, 4) is 12.1 Å². The van der Waals surface area contributed by atoms with E-state index in [4.69, 9.17) is 16.3 Å². The van der Waals surface area contributed by atoms with Gasteiger partial charge in [-0.05, 0) is 23.8 Å². The summed E-state index contributed by atoms with van der Waals surface area (Å²) >= 11 is 0. The quantitative estimate of drug-likeness (QED) is 0.804. The fourth-order valence-electron chi connectivity index (χ4n) is 1.66. The summed E-state index contributed by atoms with van der Waals surface area (Å²) in [6, 6.07) is 7.86. The molecule has 88 valence electrons. The summed E-state index contributed by atoms with van der Waals surface area (Å²) in [7, 11) is 0. The minimum Gasteiger partial charge on any atom is -0.399 e. The summed E-state index contributed by atoms with van der Waals surface area (Å²) in [4.78, 5) is 3.80. The van der Waals surface area contributed by atoms with Gasteiger partial charge in [-0.3, -0.25) is 0 Å². The molecule has 1 aromatic heterocycles. The molecule has 18 heavy (non-hydrogen) atoms. The maximum absolute atomic E-state index is 13.2. The van der Waals surface area contributed by atoms with E-state index in [1.54, 1.807) is 6.07 Å². The highest BCUT2D eigenvalue weighted by Crippen LogP contribution is 2.14. The lowest BCUT2D eigenvalue weighted by Gasteiger charge is -2.05. The number of anilines is 1. The predicted molar refractivity (Wildman–Crippen MR) is 61.6 cm³/mol. The molecule has 1 heterocycles. The Balaban J connectivity index is 2.38. The third-order valence-corrected chi connectivity index (χ3v) is 2.38. The number of nitrogens with two attached hydrogens (primary N) is 1. The summed E-state index contributed by atoms with van der Waals surface area (Å²) in [6.45, 7) is 0.236. The average Bonchev–Trinajstić information content (AvgIpc) is 2.69. The van der Waals surface area contributed by atoms with Crippen LogP contribution in [0.3, 0.4) is 0 Å². The lowest BCUT2D eigenvalue weighted by Crippen LogP contribution is -2.02. The predicted octanol–water partition coefficient (Wildman–Crippen LogP) is 1.40. The highest BCUT2D eigenvalue weighted by atomic mass is 19.1. The van der Waals surface area contributed by atoms with Gasteiger partial charge in [-0.15, -0.1) is 0 Å². The van der Waals surface area contributed by atoms with Crippen molar-refractivity contribution < 1.29 is 4.39 Å². The van der Waals surface area contributed by atoms with Crippen LogP contribution in [0.5, 0.6) is 0 Å². The Kier molecular flexibility index (Phi) is 2.94. The molecule has 0 unspecified atom stereocenters. The number of hydrogen-bond acceptors (Lipinski definition) is 4. The van der Waals surface area contributed by atoms with Crippen LogP contribution in [-0.4, -0.2) is 9.55 Å². The van der Waals surface area contributed by atoms with E-state index in [0.717, 1.165) is 0 Å². The summed E-state index contributed by atoms with van der Waals surface area (Å²) in [5, 5.41) is 17.7. The minimum atomic E-state index is -0.441. The first-order chi connectivity index (χ1) is 8.63. The molecule has 0 fully saturated rings. The minimum absolute atomic E-state index is 0.0573. The van der Waals surface area contributed by atoms with Crippen molar-refractivity contribution in [2.45, 2.75) is 6.54 Å². The molecule has 5 nitrogen and oxygen atoms in total. The Labute approximate surface area is 103 Å². The number of nitrogens with zero attached hydrogens (tertiary/aromatic N) is 4. The highest BCUT2D eigenvalue weighted by Gasteiger charge is 2.10. The van der Waals surface area contributed by atoms with Crippen molar-refractivity contribution in [2.75, 3.05) is 5.73 Å². The third-order valence-electron chi connectivity index (χ3n) is 2.38. The topological polar surface area (TPSA) is 91.4 Å². The SMILES string of the molecule is N#Cc1ncn(Cc2cc(N)cc(F)c2)c1C#N. The molecule has 1 aromatic carbocycles. The zero-order chi connectivity index (χ0) is 13.1. The smallest absolute Gasteiger partial charge is 0.176 e. The monoisotopic (exact) mass is 241 g/mol. The van der Waals surface area contributed by atoms with Crippen molar-refractivity contribution in [1.82, 2.24) is 9.55 Å². The van der Waals surface area contributed by atoms with Crippen molar-refractivity contribution >= 4 is 5.69 Å². The zero-order valence-electron chi connectivity index (χ0n) is 9.26. The van der Waals surface area contributed by atoms with E-state index >= 15 is 0 Å². The number of benzene rings is 1. The number of aromatic nitrogens is 2. The van der Waals surface area contributed by atoms with Gasteiger partial charge in [-0.2, -0.15) is 10.5 Å². The molecule has 0 spiro atoms. The molecular formula is C12H8FN5. The molecule has 0 radical (unpaired) electrons. The molecule has 2 rings (SSSR count). The van der Waals surface area contributed by atoms with Crippen molar-refractivity contribution in [2.24, 2.45) is 0 Å². The van der Waals surface area contributed by atoms with Crippen LogP contribution in [0.4, 0.5) is 10.1 Å². The first-order valence-corrected chi connectivity index (χ1v) is 5.04. The fourth-order valence-corrected chi connectivity index (χ4v) is 1.66. The van der Waals surface area contributed by atoms with Gasteiger partial charge in [0.2, 0.25) is 0 Å². The first-order valence-electron chi connectivity index (χ1n) is 5.04. The van der Waals surface area contributed by atoms with E-state index in [0.29, 0.717) is 11.3 Å². The number of imidazole rings is 1. The molecule has 2 aromatic rings. The summed E-state index contributed by atoms with van der Waals surface area (Å²) in [6.07, 6.45) is 1.37. The Bertz CT molecular complexity index is 655. The third kappa shape index (κ3) is 2.13. The molecule has 0 aliphatic rings. The van der Waals surface area contributed by atoms with E-state index < -0.39 is 5.82 Å². The summed E-state index contributed by atoms with van der Waals surface area (Å²) in [5.74, 6) is -0.441. The maximum Gasteiger partial charge on any atom is 0.176 e. The lowest BCUT2D eigenvalue weighted by molar-refractivity contribution is 0.624. The van der Waals surface area contributed by atoms with Crippen molar-refractivity contribution in [3.63, 3.8) is 0 Å². The second-order valence-corrected chi connectivity index (χ2v) is 3.69. The van der Waals surface area contributed by atoms with Crippen molar-refractivity contribution in [3.05, 3.63) is 47.3 Å². The van der Waals surface area contributed by atoms with Crippen LogP contribution in [-0.2, 0) is 6.54 Å². The molecule has 0 aliphatic heterocycles. The van der Waals surface area contributed by atoms with Crippen LogP contribution in [0.15, 0.2) is 24.5 Å². The fraction of sp³-hybridized carbons (Fsp3) is 0.0833. The van der Waals surface area contributed by atoms with Gasteiger partial charge < -0.3 is 10.3 Å². The van der Waals surface area contributed by atoms with Gasteiger partial charge in [0.25, 0.3) is 0 Å². The van der Waals surface area contributed by atoms with Crippen LogP contribution < -0.4 is 5.73 Å². The number of nitriles is 2. The summed E-state index contributed by atoms with van der Waals surface area (Å²) < 4.78 is 14.6. The van der Waals surface area contributed by atoms with Gasteiger partial charge >= 0.3 is 0 Å². The van der Waals surface area contributed by atoms with E-state index in [1.807, 2.05) is 12.1 Å². The molecule has 6 heteroatoms. The molecule has 0 aliphatic carbocycles. The molecule has 0 saturated heterocycles. The van der Waals surface area contributed by atoms with Crippen LogP contribution in [0.1, 0.15) is 17.0 Å². The lowest BCUT2D eigenvalue weighted by atomic mass is 10.2. The van der Waals surface area contributed by atoms with Crippen LogP contribution in [0.25, 0.3) is 0 Å². The van der Waals surface area contributed by atoms with E-state index in [-0.39, 0.29) is 17.9 Å². The van der Waals surface area contributed by atoms with Gasteiger partial charge in [0.1, 0.15) is 18.0 Å². The zero-order valence-corrected chi connectivity index (χ0v) is 9.26. The van der Waals surface area contributed by atoms with E-state index in [1.165, 1.54) is 23.0 Å². The van der Waals surface area contributed by atoms with Crippen LogP contribution >= 0.6 is 0 Å². The molecule has 0 bridgehead atoms. The Morgan fingerprint density at radius 1 is 1.28 bits per heavy atom. The number of halogens is 1. The number of nitrogen functional groups attached to an aromatic ring is 1. The summed E-state index contributed by atoms with van der Waals surface area (Å²) in [5.41, 5.74) is 6.66. The molecule has 0 atom stereocenters. The first kappa shape index (κ1) is 11.6. The van der Waals surface area contributed by atoms with Gasteiger partial charge in [-0.1, -0.05) is 0 Å². The van der Waals surface area contributed by atoms with Crippen molar-refractivity contribution in [1.29, 1.82) is 10.5 Å². The Hall–Kier alpha value is -2.86. The van der Waals surface area contributed by atoms with Crippen LogP contribution in [0, 0.1) is 28.5 Å². The number of rotatable bonds is 2. The standard InChI is InChI=1S/C12H8FN5/c13-9-1-8(2-10(16)3-9)6-18-7-17-11(4-14)12(18)5-15/h1-3,7H,6,16H2. The molecule has 0 saturated carbocycles. The number of hydrogen-bond donors (Lipinski definition) is 1.